The predicted octanol–water partition coefficient (Wildman–Crippen LogP) is 4.33. The van der Waals surface area contributed by atoms with Crippen molar-refractivity contribution in [2.24, 2.45) is 0 Å². The van der Waals surface area contributed by atoms with E-state index in [1.165, 1.54) is 34.7 Å². The normalized spacial score (nSPS) is 17.5. The van der Waals surface area contributed by atoms with Crippen LogP contribution >= 0.6 is 0 Å². The highest BCUT2D eigenvalue weighted by atomic mass is 32.2. The first kappa shape index (κ1) is 24.2. The van der Waals surface area contributed by atoms with Gasteiger partial charge in [0.2, 0.25) is 0 Å². The summed E-state index contributed by atoms with van der Waals surface area (Å²) < 4.78 is 39.8. The number of hydrogen-bond acceptors (Lipinski definition) is 5. The van der Waals surface area contributed by atoms with Gasteiger partial charge < -0.3 is 14.8 Å². The fraction of sp³-hybridized carbons (Fsp3) is 0.321. The molecule has 3 aromatic rings. The molecule has 8 heteroatoms. The maximum atomic E-state index is 13.7. The van der Waals surface area contributed by atoms with Crippen molar-refractivity contribution in [3.63, 3.8) is 0 Å². The van der Waals surface area contributed by atoms with Gasteiger partial charge in [-0.1, -0.05) is 24.3 Å². The number of nitrogens with one attached hydrogen (secondary N) is 1. The maximum Gasteiger partial charge on any atom is 0.264 e. The lowest BCUT2D eigenvalue weighted by molar-refractivity contribution is -0.128. The van der Waals surface area contributed by atoms with E-state index in [1.807, 2.05) is 19.9 Å². The first-order valence-electron chi connectivity index (χ1n) is 12.1. The molecule has 0 saturated carbocycles. The van der Waals surface area contributed by atoms with Gasteiger partial charge in [0.25, 0.3) is 15.9 Å². The second-order valence-electron chi connectivity index (χ2n) is 9.40. The van der Waals surface area contributed by atoms with Gasteiger partial charge in [-0.15, -0.1) is 0 Å². The molecule has 0 spiro atoms. The summed E-state index contributed by atoms with van der Waals surface area (Å²) in [7, 11) is -2.42. The molecular formula is C28H30N2O5S. The van der Waals surface area contributed by atoms with Crippen LogP contribution in [-0.2, 0) is 27.7 Å². The number of aryl methyl sites for hydroxylation is 3. The fourth-order valence-electron chi connectivity index (χ4n) is 4.85. The van der Waals surface area contributed by atoms with Crippen LogP contribution in [-0.4, -0.2) is 34.1 Å². The molecule has 188 valence electrons. The number of carbonyl (C=O) groups is 1. The number of methoxy groups -OCH3 is 1. The minimum atomic E-state index is -3.95. The molecule has 1 N–H and O–H groups in total. The van der Waals surface area contributed by atoms with E-state index in [0.717, 1.165) is 30.4 Å². The third-order valence-corrected chi connectivity index (χ3v) is 8.70. The third-order valence-electron chi connectivity index (χ3n) is 6.91. The van der Waals surface area contributed by atoms with Gasteiger partial charge in [-0.05, 0) is 91.8 Å². The lowest BCUT2D eigenvalue weighted by Gasteiger charge is -2.35. The molecule has 0 unspecified atom stereocenters. The van der Waals surface area contributed by atoms with Gasteiger partial charge in [-0.25, -0.2) is 8.42 Å². The largest absolute Gasteiger partial charge is 0.497 e. The van der Waals surface area contributed by atoms with Crippen molar-refractivity contribution in [1.29, 1.82) is 0 Å². The molecule has 1 heterocycles. The van der Waals surface area contributed by atoms with Gasteiger partial charge in [0, 0.05) is 0 Å². The summed E-state index contributed by atoms with van der Waals surface area (Å²) in [5.41, 5.74) is 5.05. The lowest BCUT2D eigenvalue weighted by Crippen LogP contribution is -2.51. The Kier molecular flexibility index (Phi) is 6.38. The smallest absolute Gasteiger partial charge is 0.264 e. The molecule has 7 nitrogen and oxygen atoms in total. The van der Waals surface area contributed by atoms with Crippen molar-refractivity contribution in [2.75, 3.05) is 18.0 Å². The zero-order valence-corrected chi connectivity index (χ0v) is 21.5. The zero-order valence-electron chi connectivity index (χ0n) is 20.7. The van der Waals surface area contributed by atoms with Gasteiger partial charge in [-0.3, -0.25) is 9.10 Å². The monoisotopic (exact) mass is 506 g/mol. The Bertz CT molecular complexity index is 1400. The van der Waals surface area contributed by atoms with Crippen molar-refractivity contribution < 1.29 is 22.7 Å². The molecular weight excluding hydrogens is 476 g/mol. The van der Waals surface area contributed by atoms with Crippen LogP contribution in [0.5, 0.6) is 11.5 Å². The topological polar surface area (TPSA) is 84.9 Å². The number of rotatable bonds is 6. The van der Waals surface area contributed by atoms with E-state index in [2.05, 4.69) is 23.5 Å². The van der Waals surface area contributed by atoms with E-state index in [4.69, 9.17) is 9.47 Å². The number of carbonyl (C=O) groups excluding carboxylic acids is 1. The molecule has 0 fully saturated rings. The molecule has 36 heavy (non-hydrogen) atoms. The molecule has 3 aromatic carbocycles. The molecule has 1 aliphatic heterocycles. The molecule has 1 amide bonds. The van der Waals surface area contributed by atoms with Crippen molar-refractivity contribution in [3.05, 3.63) is 82.9 Å². The van der Waals surface area contributed by atoms with E-state index in [-0.39, 0.29) is 23.4 Å². The fourth-order valence-corrected chi connectivity index (χ4v) is 6.33. The molecule has 0 radical (unpaired) electrons. The Labute approximate surface area is 212 Å². The van der Waals surface area contributed by atoms with E-state index in [1.54, 1.807) is 24.3 Å². The summed E-state index contributed by atoms with van der Waals surface area (Å²) in [6.45, 7) is 3.69. The Morgan fingerprint density at radius 1 is 1.06 bits per heavy atom. The quantitative estimate of drug-likeness (QED) is 0.538. The standard InChI is InChI=1S/C28H30N2O5S/c1-18-7-14-25-26(15-18)35-27(17-30(25)36(32,33)24-12-10-23(34-3)11-13-24)28(31)29-19(2)21-9-8-20-5-4-6-22(20)16-21/h7-16,19,27H,4-6,17H2,1-3H3,(H,29,31)/t19-,27+/m1/s1. The summed E-state index contributed by atoms with van der Waals surface area (Å²) in [6, 6.07) is 17.6. The van der Waals surface area contributed by atoms with Crippen molar-refractivity contribution in [1.82, 2.24) is 5.32 Å². The summed E-state index contributed by atoms with van der Waals surface area (Å²) in [4.78, 5) is 13.4. The van der Waals surface area contributed by atoms with Crippen molar-refractivity contribution in [2.45, 2.75) is 50.2 Å². The minimum Gasteiger partial charge on any atom is -0.497 e. The van der Waals surface area contributed by atoms with Gasteiger partial charge in [0.05, 0.1) is 30.3 Å². The van der Waals surface area contributed by atoms with Gasteiger partial charge in [0.1, 0.15) is 11.5 Å². The van der Waals surface area contributed by atoms with Crippen LogP contribution in [0.1, 0.15) is 41.6 Å². The van der Waals surface area contributed by atoms with Crippen LogP contribution in [0.25, 0.3) is 0 Å². The number of anilines is 1. The van der Waals surface area contributed by atoms with Crippen molar-refractivity contribution >= 4 is 21.6 Å². The van der Waals surface area contributed by atoms with E-state index in [0.29, 0.717) is 17.2 Å². The summed E-state index contributed by atoms with van der Waals surface area (Å²) >= 11 is 0. The highest BCUT2D eigenvalue weighted by molar-refractivity contribution is 7.92. The molecule has 5 rings (SSSR count). The van der Waals surface area contributed by atoms with Gasteiger partial charge in [0.15, 0.2) is 6.10 Å². The van der Waals surface area contributed by atoms with E-state index >= 15 is 0 Å². The second-order valence-corrected chi connectivity index (χ2v) is 11.3. The second kappa shape index (κ2) is 9.50. The number of ether oxygens (including phenoxy) is 2. The lowest BCUT2D eigenvalue weighted by atomic mass is 10.0. The van der Waals surface area contributed by atoms with Crippen LogP contribution in [0, 0.1) is 6.92 Å². The number of fused-ring (bicyclic) bond motifs is 2. The number of amides is 1. The third kappa shape index (κ3) is 4.53. The zero-order chi connectivity index (χ0) is 25.4. The van der Waals surface area contributed by atoms with Crippen LogP contribution in [0.2, 0.25) is 0 Å². The van der Waals surface area contributed by atoms with Gasteiger partial charge >= 0.3 is 0 Å². The Morgan fingerprint density at radius 3 is 2.56 bits per heavy atom. The number of nitrogens with zero attached hydrogens (tertiary/aromatic N) is 1. The van der Waals surface area contributed by atoms with Gasteiger partial charge in [-0.2, -0.15) is 0 Å². The first-order chi connectivity index (χ1) is 17.3. The number of benzene rings is 3. The average molecular weight is 507 g/mol. The van der Waals surface area contributed by atoms with Crippen LogP contribution < -0.4 is 19.1 Å². The number of sulfonamides is 1. The Balaban J connectivity index is 1.41. The van der Waals surface area contributed by atoms with Crippen LogP contribution in [0.15, 0.2) is 65.6 Å². The molecule has 0 saturated heterocycles. The maximum absolute atomic E-state index is 13.7. The van der Waals surface area contributed by atoms with E-state index in [9.17, 15) is 13.2 Å². The molecule has 0 aromatic heterocycles. The summed E-state index contributed by atoms with van der Waals surface area (Å²) in [5, 5.41) is 3.03. The summed E-state index contributed by atoms with van der Waals surface area (Å²) in [6.07, 6.45) is 2.32. The predicted molar refractivity (Wildman–Crippen MR) is 138 cm³/mol. The average Bonchev–Trinajstić information content (AvgIpc) is 3.35. The minimum absolute atomic E-state index is 0.113. The van der Waals surface area contributed by atoms with Crippen LogP contribution in [0.4, 0.5) is 5.69 Å². The Hall–Kier alpha value is -3.52. The molecule has 2 aliphatic rings. The first-order valence-corrected chi connectivity index (χ1v) is 13.6. The van der Waals surface area contributed by atoms with E-state index < -0.39 is 16.1 Å². The Morgan fingerprint density at radius 2 is 1.81 bits per heavy atom. The molecule has 1 aliphatic carbocycles. The molecule has 0 bridgehead atoms. The number of hydrogen-bond donors (Lipinski definition) is 1. The molecule has 2 atom stereocenters. The van der Waals surface area contributed by atoms with Crippen LogP contribution in [0.3, 0.4) is 0 Å². The van der Waals surface area contributed by atoms with Crippen molar-refractivity contribution in [3.8, 4) is 11.5 Å². The highest BCUT2D eigenvalue weighted by Crippen LogP contribution is 2.38. The summed E-state index contributed by atoms with van der Waals surface area (Å²) in [5.74, 6) is 0.568. The highest BCUT2D eigenvalue weighted by Gasteiger charge is 2.38. The SMILES string of the molecule is COc1ccc(S(=O)(=O)N2C[C@@H](C(=O)N[C@H](C)c3ccc4c(c3)CCC4)Oc3cc(C)ccc32)cc1.